The summed E-state index contributed by atoms with van der Waals surface area (Å²) in [5, 5.41) is 6.70. The number of nitrogens with zero attached hydrogens (tertiary/aromatic N) is 1. The number of carbonyl (C=O) groups is 1. The van der Waals surface area contributed by atoms with Crippen LogP contribution in [0.15, 0.2) is 0 Å². The lowest BCUT2D eigenvalue weighted by Gasteiger charge is -2.23. The molecule has 1 amide bonds. The van der Waals surface area contributed by atoms with Crippen molar-refractivity contribution in [1.82, 2.24) is 15.5 Å². The Morgan fingerprint density at radius 1 is 1.18 bits per heavy atom. The molecule has 2 N–H and O–H groups in total. The minimum Gasteiger partial charge on any atom is -0.352 e. The molecule has 3 rings (SSSR count). The molecule has 0 aromatic heterocycles. The fraction of sp³-hybridized carbons (Fsp3) is 0.917. The maximum absolute atomic E-state index is 11.7. The van der Waals surface area contributed by atoms with Crippen molar-refractivity contribution in [1.29, 1.82) is 0 Å². The minimum atomic E-state index is 0. The molecule has 0 spiro atoms. The van der Waals surface area contributed by atoms with Crippen molar-refractivity contribution in [3.8, 4) is 0 Å². The molecule has 4 nitrogen and oxygen atoms in total. The molecule has 2 aliphatic heterocycles. The highest BCUT2D eigenvalue weighted by molar-refractivity contribution is 5.85. The van der Waals surface area contributed by atoms with E-state index in [1.165, 1.54) is 32.1 Å². The van der Waals surface area contributed by atoms with Crippen LogP contribution in [-0.4, -0.2) is 48.6 Å². The number of fused-ring (bicyclic) bond motifs is 2. The van der Waals surface area contributed by atoms with Gasteiger partial charge in [-0.3, -0.25) is 9.69 Å². The van der Waals surface area contributed by atoms with Gasteiger partial charge in [-0.15, -0.1) is 12.4 Å². The lowest BCUT2D eigenvalue weighted by Crippen LogP contribution is -2.42. The molecule has 2 atom stereocenters. The van der Waals surface area contributed by atoms with Gasteiger partial charge < -0.3 is 10.6 Å². The number of hydrogen-bond acceptors (Lipinski definition) is 3. The average Bonchev–Trinajstić information content (AvgIpc) is 2.94. The molecule has 1 saturated carbocycles. The van der Waals surface area contributed by atoms with Crippen molar-refractivity contribution < 1.29 is 4.79 Å². The maximum atomic E-state index is 11.7. The third-order valence-electron chi connectivity index (χ3n) is 3.92. The van der Waals surface area contributed by atoms with Crippen molar-refractivity contribution in [2.75, 3.05) is 19.6 Å². The second-order valence-corrected chi connectivity index (χ2v) is 5.50. The smallest absolute Gasteiger partial charge is 0.234 e. The standard InChI is InChI=1S/C12H21N3O.ClH/c16-12(14-9-1-2-9)8-15-6-5-10-3-4-11(7-15)13-10;/h9-11,13H,1-8H2,(H,14,16);1H. The van der Waals surface area contributed by atoms with Gasteiger partial charge in [-0.05, 0) is 32.1 Å². The second-order valence-electron chi connectivity index (χ2n) is 5.50. The van der Waals surface area contributed by atoms with Gasteiger partial charge in [0, 0.05) is 31.2 Å². The van der Waals surface area contributed by atoms with Crippen LogP contribution in [0.2, 0.25) is 0 Å². The number of nitrogens with one attached hydrogen (secondary N) is 2. The van der Waals surface area contributed by atoms with Gasteiger partial charge in [0.25, 0.3) is 0 Å². The van der Waals surface area contributed by atoms with Gasteiger partial charge in [-0.2, -0.15) is 0 Å². The summed E-state index contributed by atoms with van der Waals surface area (Å²) in [6.45, 7) is 2.72. The van der Waals surface area contributed by atoms with E-state index in [1.54, 1.807) is 0 Å². The molecule has 2 unspecified atom stereocenters. The Balaban J connectivity index is 0.00000108. The van der Waals surface area contributed by atoms with Crippen LogP contribution < -0.4 is 10.6 Å². The molecule has 3 aliphatic rings. The summed E-state index contributed by atoms with van der Waals surface area (Å²) in [6, 6.07) is 1.83. The summed E-state index contributed by atoms with van der Waals surface area (Å²) in [7, 11) is 0. The van der Waals surface area contributed by atoms with Gasteiger partial charge in [-0.25, -0.2) is 0 Å². The number of amides is 1. The lowest BCUT2D eigenvalue weighted by molar-refractivity contribution is -0.122. The fourth-order valence-corrected chi connectivity index (χ4v) is 2.86. The topological polar surface area (TPSA) is 44.4 Å². The lowest BCUT2D eigenvalue weighted by atomic mass is 10.1. The van der Waals surface area contributed by atoms with Crippen LogP contribution in [0.5, 0.6) is 0 Å². The van der Waals surface area contributed by atoms with Gasteiger partial charge in [0.05, 0.1) is 6.54 Å². The molecule has 0 aromatic rings. The van der Waals surface area contributed by atoms with Gasteiger partial charge >= 0.3 is 0 Å². The summed E-state index contributed by atoms with van der Waals surface area (Å²) < 4.78 is 0. The summed E-state index contributed by atoms with van der Waals surface area (Å²) in [5.74, 6) is 0.222. The zero-order valence-electron chi connectivity index (χ0n) is 10.2. The van der Waals surface area contributed by atoms with Crippen LogP contribution >= 0.6 is 12.4 Å². The predicted octanol–water partition coefficient (Wildman–Crippen LogP) is 0.513. The van der Waals surface area contributed by atoms with Crippen LogP contribution in [-0.2, 0) is 4.79 Å². The highest BCUT2D eigenvalue weighted by atomic mass is 35.5. The van der Waals surface area contributed by atoms with E-state index in [0.717, 1.165) is 13.1 Å². The van der Waals surface area contributed by atoms with E-state index < -0.39 is 0 Å². The maximum Gasteiger partial charge on any atom is 0.234 e. The molecule has 2 heterocycles. The summed E-state index contributed by atoms with van der Waals surface area (Å²) in [4.78, 5) is 14.0. The van der Waals surface area contributed by atoms with E-state index in [-0.39, 0.29) is 18.3 Å². The minimum absolute atomic E-state index is 0. The molecule has 5 heteroatoms. The van der Waals surface area contributed by atoms with Crippen LogP contribution in [0.3, 0.4) is 0 Å². The molecule has 98 valence electrons. The van der Waals surface area contributed by atoms with Crippen molar-refractivity contribution in [2.24, 2.45) is 0 Å². The first-order chi connectivity index (χ1) is 7.79. The third-order valence-corrected chi connectivity index (χ3v) is 3.92. The molecule has 17 heavy (non-hydrogen) atoms. The quantitative estimate of drug-likeness (QED) is 0.777. The number of halogens is 1. The number of hydrogen-bond donors (Lipinski definition) is 2. The van der Waals surface area contributed by atoms with Gasteiger partial charge in [0.2, 0.25) is 5.91 Å². The first-order valence-electron chi connectivity index (χ1n) is 6.57. The molecule has 0 aromatic carbocycles. The molecule has 2 saturated heterocycles. The molecular weight excluding hydrogens is 238 g/mol. The Kier molecular flexibility index (Phi) is 4.28. The van der Waals surface area contributed by atoms with Crippen molar-refractivity contribution in [3.05, 3.63) is 0 Å². The Morgan fingerprint density at radius 3 is 2.71 bits per heavy atom. The summed E-state index contributed by atoms with van der Waals surface area (Å²) >= 11 is 0. The SMILES string of the molecule is Cl.O=C(CN1CCC2CCC(C1)N2)NC1CC1. The first-order valence-corrected chi connectivity index (χ1v) is 6.57. The van der Waals surface area contributed by atoms with E-state index >= 15 is 0 Å². The Hall–Kier alpha value is -0.320. The van der Waals surface area contributed by atoms with E-state index in [2.05, 4.69) is 15.5 Å². The Bertz CT molecular complexity index is 283. The Morgan fingerprint density at radius 2 is 1.94 bits per heavy atom. The van der Waals surface area contributed by atoms with Crippen molar-refractivity contribution in [3.63, 3.8) is 0 Å². The largest absolute Gasteiger partial charge is 0.352 e. The molecule has 3 fully saturated rings. The van der Waals surface area contributed by atoms with Gasteiger partial charge in [0.15, 0.2) is 0 Å². The van der Waals surface area contributed by atoms with E-state index in [0.29, 0.717) is 24.7 Å². The highest BCUT2D eigenvalue weighted by Gasteiger charge is 2.30. The number of rotatable bonds is 3. The van der Waals surface area contributed by atoms with E-state index in [1.807, 2.05) is 0 Å². The molecule has 2 bridgehead atoms. The summed E-state index contributed by atoms with van der Waals surface area (Å²) in [6.07, 6.45) is 6.17. The van der Waals surface area contributed by atoms with Crippen LogP contribution in [0, 0.1) is 0 Å². The van der Waals surface area contributed by atoms with E-state index in [4.69, 9.17) is 0 Å². The zero-order chi connectivity index (χ0) is 11.0. The summed E-state index contributed by atoms with van der Waals surface area (Å²) in [5.41, 5.74) is 0. The zero-order valence-corrected chi connectivity index (χ0v) is 11.0. The van der Waals surface area contributed by atoms with Crippen molar-refractivity contribution >= 4 is 18.3 Å². The number of likely N-dealkylation sites (tertiary alicyclic amines) is 1. The van der Waals surface area contributed by atoms with Crippen LogP contribution in [0.25, 0.3) is 0 Å². The molecular formula is C12H22ClN3O. The first kappa shape index (κ1) is 13.1. The van der Waals surface area contributed by atoms with Gasteiger partial charge in [-0.1, -0.05) is 0 Å². The van der Waals surface area contributed by atoms with E-state index in [9.17, 15) is 4.79 Å². The average molecular weight is 260 g/mol. The number of carbonyl (C=O) groups excluding carboxylic acids is 1. The third kappa shape index (κ3) is 3.57. The Labute approximate surface area is 109 Å². The highest BCUT2D eigenvalue weighted by Crippen LogP contribution is 2.21. The normalized spacial score (nSPS) is 32.7. The van der Waals surface area contributed by atoms with Crippen LogP contribution in [0.1, 0.15) is 32.1 Å². The fourth-order valence-electron chi connectivity index (χ4n) is 2.86. The molecule has 0 radical (unpaired) electrons. The van der Waals surface area contributed by atoms with Gasteiger partial charge in [0.1, 0.15) is 0 Å². The monoisotopic (exact) mass is 259 g/mol. The van der Waals surface area contributed by atoms with Crippen molar-refractivity contribution in [2.45, 2.75) is 50.2 Å². The second kappa shape index (κ2) is 5.55. The predicted molar refractivity (Wildman–Crippen MR) is 69.4 cm³/mol. The molecule has 1 aliphatic carbocycles. The van der Waals surface area contributed by atoms with Crippen LogP contribution in [0.4, 0.5) is 0 Å².